The molecule has 0 bridgehead atoms. The summed E-state index contributed by atoms with van der Waals surface area (Å²) < 4.78 is 15.5. The summed E-state index contributed by atoms with van der Waals surface area (Å²) in [6.07, 6.45) is 1.41. The molecule has 0 N–H and O–H groups in total. The van der Waals surface area contributed by atoms with Crippen molar-refractivity contribution in [2.75, 3.05) is 21.3 Å². The predicted octanol–water partition coefficient (Wildman–Crippen LogP) is 2.35. The number of benzene rings is 1. The van der Waals surface area contributed by atoms with Crippen LogP contribution in [0.5, 0.6) is 17.2 Å². The highest BCUT2D eigenvalue weighted by Crippen LogP contribution is 2.36. The summed E-state index contributed by atoms with van der Waals surface area (Å²) >= 11 is 0. The number of ether oxygens (including phenoxy) is 3. The highest BCUT2D eigenvalue weighted by Gasteiger charge is 2.14. The molecule has 0 unspecified atom stereocenters. The molecule has 1 rings (SSSR count). The molecule has 18 heavy (non-hydrogen) atoms. The molecule has 0 radical (unpaired) electrons. The zero-order chi connectivity index (χ0) is 13.7. The lowest BCUT2D eigenvalue weighted by molar-refractivity contribution is -0.422. The van der Waals surface area contributed by atoms with Crippen LogP contribution in [0, 0.1) is 10.1 Å². The fourth-order valence-electron chi connectivity index (χ4n) is 1.47. The van der Waals surface area contributed by atoms with Gasteiger partial charge in [-0.15, -0.1) is 0 Å². The van der Waals surface area contributed by atoms with Gasteiger partial charge in [0.2, 0.25) is 5.70 Å². The monoisotopic (exact) mass is 253 g/mol. The normalized spacial score (nSPS) is 11.0. The Morgan fingerprint density at radius 2 is 1.89 bits per heavy atom. The summed E-state index contributed by atoms with van der Waals surface area (Å²) in [5, 5.41) is 10.6. The lowest BCUT2D eigenvalue weighted by atomic mass is 10.1. The topological polar surface area (TPSA) is 70.8 Å². The molecule has 6 nitrogen and oxygen atoms in total. The van der Waals surface area contributed by atoms with Crippen LogP contribution in [0.15, 0.2) is 17.8 Å². The number of allylic oxidation sites excluding steroid dienone is 1. The Kier molecular flexibility index (Phi) is 4.53. The molecule has 0 aliphatic heterocycles. The van der Waals surface area contributed by atoms with Crippen LogP contribution < -0.4 is 14.2 Å². The molecule has 0 spiro atoms. The van der Waals surface area contributed by atoms with Crippen LogP contribution in [0.1, 0.15) is 12.5 Å². The zero-order valence-corrected chi connectivity index (χ0v) is 10.7. The van der Waals surface area contributed by atoms with Gasteiger partial charge >= 0.3 is 0 Å². The summed E-state index contributed by atoms with van der Waals surface area (Å²) in [6.45, 7) is 1.41. The first kappa shape index (κ1) is 13.8. The fourth-order valence-corrected chi connectivity index (χ4v) is 1.47. The minimum atomic E-state index is -0.467. The quantitative estimate of drug-likeness (QED) is 0.595. The molecule has 98 valence electrons. The maximum atomic E-state index is 10.6. The third kappa shape index (κ3) is 2.91. The fraction of sp³-hybridized carbons (Fsp3) is 0.333. The summed E-state index contributed by atoms with van der Waals surface area (Å²) in [5.74, 6) is 1.42. The van der Waals surface area contributed by atoms with Gasteiger partial charge in [-0.1, -0.05) is 0 Å². The van der Waals surface area contributed by atoms with E-state index in [2.05, 4.69) is 0 Å². The maximum absolute atomic E-state index is 10.6. The highest BCUT2D eigenvalue weighted by molar-refractivity contribution is 5.65. The number of nitrogens with zero attached hydrogens (tertiary/aromatic N) is 1. The molecule has 0 heterocycles. The largest absolute Gasteiger partial charge is 0.497 e. The standard InChI is InChI=1S/C12H15NO5/c1-8(13(14)15)5-9-6-10(16-2)7-11(17-3)12(9)18-4/h5-7H,1-4H3/b8-5+. The van der Waals surface area contributed by atoms with Gasteiger partial charge < -0.3 is 14.2 Å². The molecule has 1 aromatic rings. The molecule has 0 saturated heterocycles. The van der Waals surface area contributed by atoms with E-state index in [0.29, 0.717) is 22.8 Å². The van der Waals surface area contributed by atoms with Crippen molar-refractivity contribution in [1.29, 1.82) is 0 Å². The van der Waals surface area contributed by atoms with E-state index < -0.39 is 4.92 Å². The molecule has 6 heteroatoms. The second-order valence-electron chi connectivity index (χ2n) is 3.49. The molecular formula is C12H15NO5. The van der Waals surface area contributed by atoms with E-state index in [1.807, 2.05) is 0 Å². The van der Waals surface area contributed by atoms with Crippen LogP contribution in [0.4, 0.5) is 0 Å². The van der Waals surface area contributed by atoms with E-state index >= 15 is 0 Å². The van der Waals surface area contributed by atoms with E-state index in [4.69, 9.17) is 14.2 Å². The van der Waals surface area contributed by atoms with Crippen molar-refractivity contribution < 1.29 is 19.1 Å². The first-order chi connectivity index (χ1) is 8.53. The Labute approximate surface area is 105 Å². The van der Waals surface area contributed by atoms with Crippen molar-refractivity contribution in [3.8, 4) is 17.2 Å². The van der Waals surface area contributed by atoms with Gasteiger partial charge in [0, 0.05) is 24.6 Å². The van der Waals surface area contributed by atoms with Crippen LogP contribution >= 0.6 is 0 Å². The smallest absolute Gasteiger partial charge is 0.243 e. The lowest BCUT2D eigenvalue weighted by Gasteiger charge is -2.12. The molecule has 0 fully saturated rings. The Balaban J connectivity index is 3.40. The average Bonchev–Trinajstić information content (AvgIpc) is 2.37. The molecule has 0 saturated carbocycles. The van der Waals surface area contributed by atoms with Gasteiger partial charge in [-0.25, -0.2) is 0 Å². The van der Waals surface area contributed by atoms with Crippen molar-refractivity contribution >= 4 is 6.08 Å². The third-order valence-corrected chi connectivity index (χ3v) is 2.37. The highest BCUT2D eigenvalue weighted by atomic mass is 16.6. The molecule has 1 aromatic carbocycles. The van der Waals surface area contributed by atoms with Crippen LogP contribution in [-0.2, 0) is 0 Å². The van der Waals surface area contributed by atoms with Crippen molar-refractivity contribution in [3.63, 3.8) is 0 Å². The van der Waals surface area contributed by atoms with E-state index in [1.54, 1.807) is 12.1 Å². The van der Waals surface area contributed by atoms with Gasteiger partial charge in [0.15, 0.2) is 11.5 Å². The third-order valence-electron chi connectivity index (χ3n) is 2.37. The first-order valence-corrected chi connectivity index (χ1v) is 5.16. The van der Waals surface area contributed by atoms with Crippen LogP contribution in [0.2, 0.25) is 0 Å². The first-order valence-electron chi connectivity index (χ1n) is 5.16. The minimum absolute atomic E-state index is 0.00334. The number of nitro groups is 1. The average molecular weight is 253 g/mol. The Hall–Kier alpha value is -2.24. The van der Waals surface area contributed by atoms with Gasteiger partial charge in [0.05, 0.1) is 26.3 Å². The minimum Gasteiger partial charge on any atom is -0.497 e. The van der Waals surface area contributed by atoms with E-state index in [9.17, 15) is 10.1 Å². The lowest BCUT2D eigenvalue weighted by Crippen LogP contribution is -1.97. The number of methoxy groups -OCH3 is 3. The van der Waals surface area contributed by atoms with Crippen molar-refractivity contribution in [2.45, 2.75) is 6.92 Å². The van der Waals surface area contributed by atoms with Crippen molar-refractivity contribution in [1.82, 2.24) is 0 Å². The van der Waals surface area contributed by atoms with E-state index in [-0.39, 0.29) is 5.70 Å². The summed E-state index contributed by atoms with van der Waals surface area (Å²) in [4.78, 5) is 10.2. The van der Waals surface area contributed by atoms with Gasteiger partial charge in [0.25, 0.3) is 0 Å². The van der Waals surface area contributed by atoms with Crippen LogP contribution in [0.25, 0.3) is 6.08 Å². The Bertz CT molecular complexity index is 482. The molecule has 0 atom stereocenters. The molecule has 0 amide bonds. The molecule has 0 aliphatic rings. The molecule has 0 aromatic heterocycles. The number of hydrogen-bond acceptors (Lipinski definition) is 5. The van der Waals surface area contributed by atoms with Crippen LogP contribution in [0.3, 0.4) is 0 Å². The van der Waals surface area contributed by atoms with Gasteiger partial charge in [-0.3, -0.25) is 10.1 Å². The van der Waals surface area contributed by atoms with E-state index in [0.717, 1.165) is 0 Å². The Morgan fingerprint density at radius 1 is 1.22 bits per heavy atom. The van der Waals surface area contributed by atoms with Crippen molar-refractivity contribution in [3.05, 3.63) is 33.5 Å². The second-order valence-corrected chi connectivity index (χ2v) is 3.49. The second kappa shape index (κ2) is 5.90. The summed E-state index contributed by atoms with van der Waals surface area (Å²) in [6, 6.07) is 3.30. The SMILES string of the molecule is COc1cc(/C=C(\C)[N+](=O)[O-])c(OC)c(OC)c1. The number of hydrogen-bond donors (Lipinski definition) is 0. The zero-order valence-electron chi connectivity index (χ0n) is 10.7. The van der Waals surface area contributed by atoms with Crippen molar-refractivity contribution in [2.24, 2.45) is 0 Å². The van der Waals surface area contributed by atoms with E-state index in [1.165, 1.54) is 34.3 Å². The van der Waals surface area contributed by atoms with Gasteiger partial charge in [0.1, 0.15) is 5.75 Å². The molecular weight excluding hydrogens is 238 g/mol. The summed E-state index contributed by atoms with van der Waals surface area (Å²) in [7, 11) is 4.48. The maximum Gasteiger partial charge on any atom is 0.243 e. The summed E-state index contributed by atoms with van der Waals surface area (Å²) in [5.41, 5.74) is 0.534. The van der Waals surface area contributed by atoms with Gasteiger partial charge in [-0.05, 0) is 6.07 Å². The van der Waals surface area contributed by atoms with Crippen LogP contribution in [-0.4, -0.2) is 26.3 Å². The predicted molar refractivity (Wildman–Crippen MR) is 66.7 cm³/mol. The Morgan fingerprint density at radius 3 is 2.33 bits per heavy atom. The molecule has 0 aliphatic carbocycles. The number of rotatable bonds is 5. The van der Waals surface area contributed by atoms with Gasteiger partial charge in [-0.2, -0.15) is 0 Å².